The fourth-order valence-corrected chi connectivity index (χ4v) is 4.30. The lowest BCUT2D eigenvalue weighted by atomic mass is 9.79. The Morgan fingerprint density at radius 3 is 2.57 bits per heavy atom. The predicted octanol–water partition coefficient (Wildman–Crippen LogP) is 4.46. The van der Waals surface area contributed by atoms with Gasteiger partial charge in [0.2, 0.25) is 5.91 Å². The van der Waals surface area contributed by atoms with Crippen molar-refractivity contribution in [1.82, 2.24) is 9.78 Å². The lowest BCUT2D eigenvalue weighted by Crippen LogP contribution is -2.30. The molecule has 0 atom stereocenters. The molecule has 0 saturated heterocycles. The van der Waals surface area contributed by atoms with Gasteiger partial charge in [-0.05, 0) is 51.4 Å². The minimum atomic E-state index is -0.413. The molecule has 0 radical (unpaired) electrons. The van der Waals surface area contributed by atoms with Crippen molar-refractivity contribution in [1.29, 1.82) is 0 Å². The Morgan fingerprint density at radius 1 is 1.20 bits per heavy atom. The maximum Gasteiger partial charge on any atom is 0.281 e. The first-order valence-corrected chi connectivity index (χ1v) is 11.2. The van der Waals surface area contributed by atoms with Crippen molar-refractivity contribution < 1.29 is 9.59 Å². The van der Waals surface area contributed by atoms with Crippen molar-refractivity contribution in [3.05, 3.63) is 23.9 Å². The summed E-state index contributed by atoms with van der Waals surface area (Å²) in [5, 5.41) is 7.67. The first-order valence-electron chi connectivity index (χ1n) is 11.2. The molecular formula is C23H31N5O2. The Hall–Kier alpha value is -2.57. The number of amides is 2. The predicted molar refractivity (Wildman–Crippen MR) is 118 cm³/mol. The maximum atomic E-state index is 13.0. The van der Waals surface area contributed by atoms with Gasteiger partial charge in [0.05, 0.1) is 17.0 Å². The second kappa shape index (κ2) is 8.66. The second-order valence-electron chi connectivity index (χ2n) is 8.88. The molecule has 3 aliphatic rings. The van der Waals surface area contributed by atoms with Crippen LogP contribution >= 0.6 is 0 Å². The zero-order valence-electron chi connectivity index (χ0n) is 18.0. The Bertz CT molecular complexity index is 914. The third kappa shape index (κ3) is 4.45. The fourth-order valence-electron chi connectivity index (χ4n) is 4.30. The molecule has 1 N–H and O–H groups in total. The lowest BCUT2D eigenvalue weighted by Gasteiger charge is -2.27. The zero-order chi connectivity index (χ0) is 21.3. The molecule has 30 heavy (non-hydrogen) atoms. The number of nitrogens with zero attached hydrogens (tertiary/aromatic N) is 4. The van der Waals surface area contributed by atoms with E-state index in [2.05, 4.69) is 33.9 Å². The number of rotatable bonds is 6. The van der Waals surface area contributed by atoms with E-state index in [9.17, 15) is 9.59 Å². The smallest absolute Gasteiger partial charge is 0.281 e. The molecule has 2 saturated carbocycles. The molecule has 4 rings (SSSR count). The summed E-state index contributed by atoms with van der Waals surface area (Å²) in [4.78, 5) is 33.5. The van der Waals surface area contributed by atoms with Gasteiger partial charge in [-0.2, -0.15) is 14.8 Å². The van der Waals surface area contributed by atoms with Crippen LogP contribution in [-0.2, 0) is 9.59 Å². The second-order valence-corrected chi connectivity index (χ2v) is 8.88. The number of nitrogens with one attached hydrogen (secondary N) is 1. The molecule has 1 aliphatic heterocycles. The Balaban J connectivity index is 1.49. The van der Waals surface area contributed by atoms with E-state index in [1.54, 1.807) is 6.92 Å². The molecule has 0 aromatic carbocycles. The van der Waals surface area contributed by atoms with E-state index in [0.717, 1.165) is 50.1 Å². The molecule has 1 aromatic heterocycles. The van der Waals surface area contributed by atoms with Crippen molar-refractivity contribution >= 4 is 29.3 Å². The van der Waals surface area contributed by atoms with Gasteiger partial charge in [-0.3, -0.25) is 9.59 Å². The van der Waals surface area contributed by atoms with Crippen molar-refractivity contribution in [3.63, 3.8) is 0 Å². The number of aliphatic imine (C=N–C) groups is 2. The average molecular weight is 410 g/mol. The monoisotopic (exact) mass is 409 g/mol. The van der Waals surface area contributed by atoms with E-state index >= 15 is 0 Å². The summed E-state index contributed by atoms with van der Waals surface area (Å²) in [7, 11) is 0. The van der Waals surface area contributed by atoms with Gasteiger partial charge in [0.1, 0.15) is 5.82 Å². The lowest BCUT2D eigenvalue weighted by molar-refractivity contribution is -0.121. The molecule has 2 aliphatic carbocycles. The van der Waals surface area contributed by atoms with Gasteiger partial charge >= 0.3 is 0 Å². The summed E-state index contributed by atoms with van der Waals surface area (Å²) >= 11 is 0. The number of carbonyl (C=O) groups excluding carboxylic acids is 2. The highest BCUT2D eigenvalue weighted by atomic mass is 16.2. The minimum absolute atomic E-state index is 0.0237. The molecule has 7 heteroatoms. The van der Waals surface area contributed by atoms with E-state index in [4.69, 9.17) is 0 Å². The molecule has 7 nitrogen and oxygen atoms in total. The van der Waals surface area contributed by atoms with Crippen LogP contribution < -0.4 is 5.32 Å². The molecule has 2 heterocycles. The van der Waals surface area contributed by atoms with Gasteiger partial charge in [-0.25, -0.2) is 4.99 Å². The van der Waals surface area contributed by atoms with E-state index in [-0.39, 0.29) is 17.8 Å². The summed E-state index contributed by atoms with van der Waals surface area (Å²) in [5.74, 6) is 1.55. The number of hydrogen-bond donors (Lipinski definition) is 1. The zero-order valence-corrected chi connectivity index (χ0v) is 18.0. The highest BCUT2D eigenvalue weighted by molar-refractivity contribution is 6.27. The van der Waals surface area contributed by atoms with Gasteiger partial charge in [0.25, 0.3) is 11.9 Å². The molecule has 2 amide bonds. The van der Waals surface area contributed by atoms with Crippen molar-refractivity contribution in [2.24, 2.45) is 21.8 Å². The van der Waals surface area contributed by atoms with Crippen LogP contribution in [0.15, 0.2) is 28.2 Å². The highest BCUT2D eigenvalue weighted by Crippen LogP contribution is 2.40. The third-order valence-electron chi connectivity index (χ3n) is 6.51. The van der Waals surface area contributed by atoms with E-state index in [1.165, 1.54) is 23.9 Å². The molecular weight excluding hydrogens is 378 g/mol. The normalized spacial score (nSPS) is 24.5. The van der Waals surface area contributed by atoms with Crippen LogP contribution in [0.25, 0.3) is 0 Å². The molecule has 1 aromatic rings. The molecule has 0 bridgehead atoms. The highest BCUT2D eigenvalue weighted by Gasteiger charge is 2.31. The van der Waals surface area contributed by atoms with Crippen LogP contribution in [0.4, 0.5) is 5.82 Å². The minimum Gasteiger partial charge on any atom is -0.310 e. The van der Waals surface area contributed by atoms with Crippen LogP contribution in [0, 0.1) is 11.8 Å². The summed E-state index contributed by atoms with van der Waals surface area (Å²) in [6.45, 7) is 7.68. The van der Waals surface area contributed by atoms with Crippen LogP contribution in [0.2, 0.25) is 0 Å². The Kier molecular flexibility index (Phi) is 5.97. The largest absolute Gasteiger partial charge is 0.310 e. The summed E-state index contributed by atoms with van der Waals surface area (Å²) in [6, 6.07) is 1.91. The fraction of sp³-hybridized carbons (Fsp3) is 0.609. The van der Waals surface area contributed by atoms with Gasteiger partial charge in [-0.1, -0.05) is 32.8 Å². The van der Waals surface area contributed by atoms with Crippen molar-refractivity contribution in [3.8, 4) is 0 Å². The molecule has 2 fully saturated rings. The number of anilines is 1. The van der Waals surface area contributed by atoms with Crippen molar-refractivity contribution in [2.75, 3.05) is 5.32 Å². The van der Waals surface area contributed by atoms with Gasteiger partial charge in [0, 0.05) is 17.9 Å². The van der Waals surface area contributed by atoms with Crippen LogP contribution in [0.3, 0.4) is 0 Å². The van der Waals surface area contributed by atoms with Gasteiger partial charge in [-0.15, -0.1) is 0 Å². The van der Waals surface area contributed by atoms with E-state index in [1.807, 2.05) is 6.07 Å². The first kappa shape index (κ1) is 20.7. The number of aromatic nitrogens is 2. The third-order valence-corrected chi connectivity index (χ3v) is 6.51. The summed E-state index contributed by atoms with van der Waals surface area (Å²) in [5.41, 5.74) is 1.73. The van der Waals surface area contributed by atoms with Gasteiger partial charge in [0.15, 0.2) is 0 Å². The topological polar surface area (TPSA) is 88.7 Å². The number of unbranched alkanes of at least 4 members (excludes halogenated alkanes) is 1. The molecule has 0 spiro atoms. The van der Waals surface area contributed by atoms with E-state index in [0.29, 0.717) is 23.0 Å². The Labute approximate surface area is 177 Å². The molecule has 160 valence electrons. The average Bonchev–Trinajstić information content (AvgIpc) is 3.51. The Morgan fingerprint density at radius 2 is 1.93 bits per heavy atom. The summed E-state index contributed by atoms with van der Waals surface area (Å²) < 4.78 is 1.51. The molecule has 0 unspecified atom stereocenters. The maximum absolute atomic E-state index is 13.0. The first-order chi connectivity index (χ1) is 14.5. The SMILES string of the molecule is C=C1C(=O)N=C(n2nc(C3CC3)cc2NC(=O)C2CCC(CCCC)CC2)N=C1C. The summed E-state index contributed by atoms with van der Waals surface area (Å²) in [6.07, 6.45) is 10.1. The van der Waals surface area contributed by atoms with Gasteiger partial charge < -0.3 is 5.32 Å². The van der Waals surface area contributed by atoms with E-state index < -0.39 is 5.91 Å². The van der Waals surface area contributed by atoms with Crippen LogP contribution in [0.1, 0.15) is 83.2 Å². The quantitative estimate of drug-likeness (QED) is 0.704. The standard InChI is InChI=1S/C23H31N5O2/c1-4-5-6-16-7-9-18(10-8-16)22(30)25-20-13-19(17-11-12-17)27-28(20)23-24-15(3)14(2)21(29)26-23/h13,16-18H,2,4-12H2,1,3H3,(H,25,30). The van der Waals surface area contributed by atoms with Crippen LogP contribution in [0.5, 0.6) is 0 Å². The number of carbonyl (C=O) groups is 2. The van der Waals surface area contributed by atoms with Crippen LogP contribution in [-0.4, -0.2) is 33.3 Å². The number of hydrogen-bond acceptors (Lipinski definition) is 4. The van der Waals surface area contributed by atoms with Crippen molar-refractivity contribution in [2.45, 2.75) is 77.6 Å².